The highest BCUT2D eigenvalue weighted by Gasteiger charge is 2.20. The summed E-state index contributed by atoms with van der Waals surface area (Å²) in [5.74, 6) is 0.145. The number of aromatic nitrogens is 2. The van der Waals surface area contributed by atoms with Crippen molar-refractivity contribution in [3.8, 4) is 0 Å². The first-order valence-electron chi connectivity index (χ1n) is 7.60. The fourth-order valence-corrected chi connectivity index (χ4v) is 3.55. The lowest BCUT2D eigenvalue weighted by atomic mass is 10.2. The molecule has 1 fully saturated rings. The van der Waals surface area contributed by atoms with Gasteiger partial charge in [-0.15, -0.1) is 11.3 Å². The molecule has 0 saturated carbocycles. The molecule has 0 radical (unpaired) electrons. The summed E-state index contributed by atoms with van der Waals surface area (Å²) in [7, 11) is 0. The molecule has 0 N–H and O–H groups in total. The summed E-state index contributed by atoms with van der Waals surface area (Å²) >= 11 is 1.53. The van der Waals surface area contributed by atoms with Gasteiger partial charge in [-0.25, -0.2) is 0 Å². The molecule has 6 heteroatoms. The first-order chi connectivity index (χ1) is 10.7. The Morgan fingerprint density at radius 3 is 3.18 bits per heavy atom. The quantitative estimate of drug-likeness (QED) is 0.794. The highest BCUT2D eigenvalue weighted by atomic mass is 32.1. The number of ether oxygens (including phenoxy) is 1. The van der Waals surface area contributed by atoms with Crippen LogP contribution < -0.4 is 0 Å². The molecular formula is C16H21N3O2S. The lowest BCUT2D eigenvalue weighted by Crippen LogP contribution is -2.34. The Bertz CT molecular complexity index is 609. The third-order valence-corrected chi connectivity index (χ3v) is 4.87. The maximum Gasteiger partial charge on any atom is 0.169 e. The third-order valence-electron chi connectivity index (χ3n) is 3.79. The van der Waals surface area contributed by atoms with Crippen molar-refractivity contribution in [2.24, 2.45) is 0 Å². The van der Waals surface area contributed by atoms with Crippen LogP contribution in [0.25, 0.3) is 0 Å². The van der Waals surface area contributed by atoms with Gasteiger partial charge < -0.3 is 4.74 Å². The van der Waals surface area contributed by atoms with Gasteiger partial charge in [0.2, 0.25) is 0 Å². The summed E-state index contributed by atoms with van der Waals surface area (Å²) in [5.41, 5.74) is 1.22. The Labute approximate surface area is 134 Å². The predicted octanol–water partition coefficient (Wildman–Crippen LogP) is 2.44. The Kier molecular flexibility index (Phi) is 5.02. The van der Waals surface area contributed by atoms with E-state index in [4.69, 9.17) is 4.74 Å². The number of carbonyl (C=O) groups excluding carboxylic acids is 1. The van der Waals surface area contributed by atoms with Crippen LogP contribution in [0, 0.1) is 0 Å². The number of rotatable bonds is 5. The van der Waals surface area contributed by atoms with Crippen molar-refractivity contribution in [1.82, 2.24) is 14.7 Å². The monoisotopic (exact) mass is 319 g/mol. The van der Waals surface area contributed by atoms with Crippen molar-refractivity contribution in [1.29, 1.82) is 0 Å². The lowest BCUT2D eigenvalue weighted by Gasteiger charge is -2.23. The van der Waals surface area contributed by atoms with Crippen molar-refractivity contribution < 1.29 is 9.53 Å². The second-order valence-electron chi connectivity index (χ2n) is 5.68. The average molecular weight is 319 g/mol. The molecule has 2 aromatic rings. The molecule has 1 atom stereocenters. The number of hydrogen-bond acceptors (Lipinski definition) is 5. The van der Waals surface area contributed by atoms with E-state index in [1.807, 2.05) is 23.0 Å². The number of ketones is 1. The molecule has 0 unspecified atom stereocenters. The first-order valence-corrected chi connectivity index (χ1v) is 8.48. The van der Waals surface area contributed by atoms with Crippen LogP contribution in [0.4, 0.5) is 0 Å². The lowest BCUT2D eigenvalue weighted by molar-refractivity contribution is 0.0391. The number of nitrogens with zero attached hydrogens (tertiary/aromatic N) is 3. The van der Waals surface area contributed by atoms with Gasteiger partial charge >= 0.3 is 0 Å². The van der Waals surface area contributed by atoms with Crippen LogP contribution >= 0.6 is 11.3 Å². The van der Waals surface area contributed by atoms with Crippen molar-refractivity contribution in [3.63, 3.8) is 0 Å². The highest BCUT2D eigenvalue weighted by molar-refractivity contribution is 7.12. The summed E-state index contributed by atoms with van der Waals surface area (Å²) in [6.07, 6.45) is 4.97. The summed E-state index contributed by atoms with van der Waals surface area (Å²) in [6, 6.07) is 3.95. The van der Waals surface area contributed by atoms with Gasteiger partial charge in [0.1, 0.15) is 0 Å². The minimum atomic E-state index is 0.145. The Balaban J connectivity index is 1.60. The van der Waals surface area contributed by atoms with Crippen molar-refractivity contribution in [2.45, 2.75) is 32.5 Å². The molecule has 2 aromatic heterocycles. The van der Waals surface area contributed by atoms with Gasteiger partial charge in [-0.05, 0) is 36.4 Å². The van der Waals surface area contributed by atoms with E-state index in [0.717, 1.165) is 44.1 Å². The smallest absolute Gasteiger partial charge is 0.169 e. The largest absolute Gasteiger partial charge is 0.375 e. The molecule has 0 bridgehead atoms. The fraction of sp³-hybridized carbons (Fsp3) is 0.500. The Hall–Kier alpha value is -1.50. The van der Waals surface area contributed by atoms with E-state index in [1.165, 1.54) is 16.9 Å². The molecule has 5 nitrogen and oxygen atoms in total. The van der Waals surface area contributed by atoms with Crippen molar-refractivity contribution >= 4 is 17.1 Å². The molecule has 0 amide bonds. The number of Topliss-reactive ketones (excluding diaryl/α,β-unsaturated/α-hetero) is 1. The third kappa shape index (κ3) is 4.03. The van der Waals surface area contributed by atoms with E-state index in [9.17, 15) is 4.79 Å². The molecule has 3 heterocycles. The van der Waals surface area contributed by atoms with Crippen LogP contribution in [0.1, 0.15) is 28.6 Å². The van der Waals surface area contributed by atoms with Gasteiger partial charge in [-0.1, -0.05) is 0 Å². The number of carbonyl (C=O) groups is 1. The SMILES string of the molecule is CC(=O)c1cc(CN2CCCO[C@@H](Cn3cccn3)C2)cs1. The van der Waals surface area contributed by atoms with Crippen LogP contribution in [0.15, 0.2) is 29.9 Å². The molecule has 0 aromatic carbocycles. The van der Waals surface area contributed by atoms with E-state index in [1.54, 1.807) is 13.1 Å². The molecule has 3 rings (SSSR count). The van der Waals surface area contributed by atoms with E-state index in [2.05, 4.69) is 15.4 Å². The normalized spacial score (nSPS) is 20.0. The Morgan fingerprint density at radius 2 is 2.45 bits per heavy atom. The average Bonchev–Trinajstić information content (AvgIpc) is 3.10. The van der Waals surface area contributed by atoms with Gasteiger partial charge in [0, 0.05) is 38.6 Å². The van der Waals surface area contributed by atoms with Crippen molar-refractivity contribution in [2.75, 3.05) is 19.7 Å². The molecule has 22 heavy (non-hydrogen) atoms. The van der Waals surface area contributed by atoms with E-state index in [0.29, 0.717) is 0 Å². The van der Waals surface area contributed by atoms with E-state index >= 15 is 0 Å². The standard InChI is InChI=1S/C16H21N3O2S/c1-13(20)16-8-14(12-22-16)9-18-5-3-7-21-15(10-18)11-19-6-2-4-17-19/h2,4,6,8,12,15H,3,5,7,9-11H2,1H3/t15-/m1/s1. The van der Waals surface area contributed by atoms with Gasteiger partial charge in [0.15, 0.2) is 5.78 Å². The first kappa shape index (κ1) is 15.4. The van der Waals surface area contributed by atoms with Gasteiger partial charge in [-0.3, -0.25) is 14.4 Å². The van der Waals surface area contributed by atoms with E-state index < -0.39 is 0 Å². The van der Waals surface area contributed by atoms with Crippen LogP contribution in [0.2, 0.25) is 0 Å². The van der Waals surface area contributed by atoms with Gasteiger partial charge in [0.25, 0.3) is 0 Å². The Morgan fingerprint density at radius 1 is 1.55 bits per heavy atom. The maximum atomic E-state index is 11.4. The molecule has 0 spiro atoms. The summed E-state index contributed by atoms with van der Waals surface area (Å²) < 4.78 is 7.86. The molecule has 1 aliphatic heterocycles. The molecule has 1 aliphatic rings. The van der Waals surface area contributed by atoms with Gasteiger partial charge in [-0.2, -0.15) is 5.10 Å². The van der Waals surface area contributed by atoms with Crippen LogP contribution in [0.5, 0.6) is 0 Å². The summed E-state index contributed by atoms with van der Waals surface area (Å²) in [6.45, 7) is 6.00. The molecule has 0 aliphatic carbocycles. The zero-order valence-electron chi connectivity index (χ0n) is 12.8. The van der Waals surface area contributed by atoms with Gasteiger partial charge in [0.05, 0.1) is 17.5 Å². The highest BCUT2D eigenvalue weighted by Crippen LogP contribution is 2.18. The molecular weight excluding hydrogens is 298 g/mol. The second-order valence-corrected chi connectivity index (χ2v) is 6.60. The summed E-state index contributed by atoms with van der Waals surface area (Å²) in [4.78, 5) is 14.7. The second kappa shape index (κ2) is 7.17. The predicted molar refractivity (Wildman–Crippen MR) is 86.2 cm³/mol. The minimum absolute atomic E-state index is 0.145. The minimum Gasteiger partial charge on any atom is -0.375 e. The van der Waals surface area contributed by atoms with Crippen LogP contribution in [-0.2, 0) is 17.8 Å². The van der Waals surface area contributed by atoms with E-state index in [-0.39, 0.29) is 11.9 Å². The number of thiophene rings is 1. The molecule has 118 valence electrons. The van der Waals surface area contributed by atoms with Crippen LogP contribution in [0.3, 0.4) is 0 Å². The van der Waals surface area contributed by atoms with Crippen LogP contribution in [-0.4, -0.2) is 46.3 Å². The maximum absolute atomic E-state index is 11.4. The topological polar surface area (TPSA) is 47.4 Å². The zero-order valence-corrected chi connectivity index (χ0v) is 13.6. The number of hydrogen-bond donors (Lipinski definition) is 0. The fourth-order valence-electron chi connectivity index (χ4n) is 2.74. The molecule has 1 saturated heterocycles. The zero-order chi connectivity index (χ0) is 15.4. The summed E-state index contributed by atoms with van der Waals surface area (Å²) in [5, 5.41) is 6.34. The van der Waals surface area contributed by atoms with Crippen molar-refractivity contribution in [3.05, 3.63) is 40.3 Å².